The van der Waals surface area contributed by atoms with Gasteiger partial charge in [-0.3, -0.25) is 0 Å². The SMILES string of the molecule is COc1ccc2c(c1C)n(-c1cc3oc4ccccc4c3c[n+]1C)c1nc3[c]([BiH2])cccc3n21. The van der Waals surface area contributed by atoms with Crippen molar-refractivity contribution in [3.05, 3.63) is 72.4 Å². The molecule has 6 nitrogen and oxygen atoms in total. The number of aromatic nitrogens is 4. The number of pyridine rings is 1. The molecule has 0 aliphatic heterocycles. The van der Waals surface area contributed by atoms with Gasteiger partial charge >= 0.3 is 211 Å². The van der Waals surface area contributed by atoms with Crippen LogP contribution in [0.15, 0.2) is 71.3 Å². The van der Waals surface area contributed by atoms with E-state index in [9.17, 15) is 0 Å². The fraction of sp³-hybridized carbons (Fsp3) is 0.111. The number of hydrogen-bond acceptors (Lipinski definition) is 3. The van der Waals surface area contributed by atoms with Crippen LogP contribution in [0.3, 0.4) is 0 Å². The van der Waals surface area contributed by atoms with E-state index in [1.165, 1.54) is 3.27 Å². The van der Waals surface area contributed by atoms with Crippen LogP contribution >= 0.6 is 0 Å². The van der Waals surface area contributed by atoms with Crippen molar-refractivity contribution in [1.82, 2.24) is 14.0 Å². The average molecular weight is 643 g/mol. The van der Waals surface area contributed by atoms with Gasteiger partial charge in [-0.15, -0.1) is 0 Å². The Morgan fingerprint density at radius 2 is 1.82 bits per heavy atom. The van der Waals surface area contributed by atoms with Gasteiger partial charge in [-0.1, -0.05) is 0 Å². The summed E-state index contributed by atoms with van der Waals surface area (Å²) in [6.45, 7) is 2.11. The summed E-state index contributed by atoms with van der Waals surface area (Å²) in [5.74, 6) is 2.73. The Hall–Kier alpha value is -3.44. The van der Waals surface area contributed by atoms with Gasteiger partial charge in [0.2, 0.25) is 0 Å². The number of benzene rings is 3. The third-order valence-corrected chi connectivity index (χ3v) is 8.59. The second kappa shape index (κ2) is 7.03. The molecule has 0 unspecified atom stereocenters. The number of fused-ring (bicyclic) bond motifs is 8. The van der Waals surface area contributed by atoms with Crippen LogP contribution in [0.5, 0.6) is 5.75 Å². The first-order valence-corrected chi connectivity index (χ1v) is 13.4. The van der Waals surface area contributed by atoms with E-state index in [1.54, 1.807) is 7.11 Å². The number of methoxy groups -OCH3 is 1. The van der Waals surface area contributed by atoms with E-state index >= 15 is 0 Å². The maximum atomic E-state index is 6.25. The number of furan rings is 1. The van der Waals surface area contributed by atoms with Crippen molar-refractivity contribution in [1.29, 1.82) is 0 Å². The van der Waals surface area contributed by atoms with Gasteiger partial charge < -0.3 is 0 Å². The summed E-state index contributed by atoms with van der Waals surface area (Å²) in [5, 5.41) is 2.22. The number of para-hydroxylation sites is 2. The van der Waals surface area contributed by atoms with Gasteiger partial charge in [-0.2, -0.15) is 0 Å². The van der Waals surface area contributed by atoms with E-state index in [1.807, 2.05) is 24.3 Å². The molecule has 0 saturated carbocycles. The topological polar surface area (TPSA) is 48.5 Å². The predicted octanol–water partition coefficient (Wildman–Crippen LogP) is 3.73. The number of nitrogens with zero attached hydrogens (tertiary/aromatic N) is 4. The van der Waals surface area contributed by atoms with Crippen molar-refractivity contribution in [3.8, 4) is 11.6 Å². The molecule has 0 bridgehead atoms. The van der Waals surface area contributed by atoms with Gasteiger partial charge in [0.15, 0.2) is 0 Å². The molecule has 0 spiro atoms. The van der Waals surface area contributed by atoms with Crippen molar-refractivity contribution in [2.45, 2.75) is 6.92 Å². The third-order valence-electron chi connectivity index (χ3n) is 6.78. The summed E-state index contributed by atoms with van der Waals surface area (Å²) < 4.78 is 19.9. The van der Waals surface area contributed by atoms with Crippen LogP contribution in [0.1, 0.15) is 5.56 Å². The van der Waals surface area contributed by atoms with Crippen molar-refractivity contribution < 1.29 is 13.7 Å². The summed E-state index contributed by atoms with van der Waals surface area (Å²) in [4.78, 5) is 5.17. The van der Waals surface area contributed by atoms with Crippen LogP contribution in [0.4, 0.5) is 0 Å². The molecule has 7 rings (SSSR count). The first-order chi connectivity index (χ1) is 16.6. The molecule has 7 aromatic rings. The quantitative estimate of drug-likeness (QED) is 0.213. The van der Waals surface area contributed by atoms with Crippen molar-refractivity contribution in [2.75, 3.05) is 7.11 Å². The summed E-state index contributed by atoms with van der Waals surface area (Å²) in [6, 6.07) is 20.9. The molecule has 0 aliphatic rings. The minimum absolute atomic E-state index is 0.706. The van der Waals surface area contributed by atoms with Crippen LogP contribution in [0.25, 0.3) is 55.6 Å². The number of ether oxygens (including phenoxy) is 1. The number of imidazole rings is 2. The average Bonchev–Trinajstić information content (AvgIpc) is 3.49. The van der Waals surface area contributed by atoms with Gasteiger partial charge in [0, 0.05) is 0 Å². The summed E-state index contributed by atoms with van der Waals surface area (Å²) >= 11 is 0.706. The van der Waals surface area contributed by atoms with Crippen LogP contribution < -0.4 is 12.6 Å². The fourth-order valence-corrected chi connectivity index (χ4v) is 6.45. The predicted molar refractivity (Wildman–Crippen MR) is 137 cm³/mol. The fourth-order valence-electron chi connectivity index (χ4n) is 5.19. The maximum absolute atomic E-state index is 6.25. The summed E-state index contributed by atoms with van der Waals surface area (Å²) in [5.41, 5.74) is 7.23. The Kier molecular flexibility index (Phi) is 4.13. The number of rotatable bonds is 2. The molecule has 0 radical (unpaired) electrons. The molecule has 4 aromatic heterocycles. The second-order valence-corrected chi connectivity index (χ2v) is 11.1. The molecule has 0 fully saturated rings. The van der Waals surface area contributed by atoms with Gasteiger partial charge in [-0.05, 0) is 0 Å². The molecule has 7 heteroatoms. The number of aryl methyl sites for hydroxylation is 2. The van der Waals surface area contributed by atoms with Crippen LogP contribution in [-0.2, 0) is 7.05 Å². The van der Waals surface area contributed by atoms with Crippen LogP contribution in [0.2, 0.25) is 0 Å². The second-order valence-electron chi connectivity index (χ2n) is 8.68. The van der Waals surface area contributed by atoms with Crippen LogP contribution in [0, 0.1) is 6.92 Å². The minimum atomic E-state index is 0.706. The van der Waals surface area contributed by atoms with E-state index in [4.69, 9.17) is 14.1 Å². The van der Waals surface area contributed by atoms with Gasteiger partial charge in [0.25, 0.3) is 0 Å². The van der Waals surface area contributed by atoms with Crippen molar-refractivity contribution in [2.24, 2.45) is 7.05 Å². The molecule has 0 amide bonds. The Bertz CT molecular complexity index is 1940. The molecule has 34 heavy (non-hydrogen) atoms. The molecule has 0 saturated heterocycles. The van der Waals surface area contributed by atoms with E-state index in [0.717, 1.165) is 66.9 Å². The standard InChI is InChI=1S/C27H20N4O2.Bi.2H/c1-16-22(32-3)13-12-21-26(16)31(27-28-19-9-5-6-10-20(19)30(21)27)25-14-24-18(15-29(25)2)17-8-4-7-11-23(17)33-24;;;/h4-8,10-15H,1-3H3;;;/q+1;;;. The van der Waals surface area contributed by atoms with Crippen molar-refractivity contribution in [3.63, 3.8) is 0 Å². The molecule has 0 aliphatic carbocycles. The molecule has 166 valence electrons. The summed E-state index contributed by atoms with van der Waals surface area (Å²) in [7, 11) is 3.80. The Labute approximate surface area is 209 Å². The first kappa shape index (κ1) is 20.0. The Morgan fingerprint density at radius 3 is 2.68 bits per heavy atom. The van der Waals surface area contributed by atoms with E-state index in [-0.39, 0.29) is 0 Å². The van der Waals surface area contributed by atoms with E-state index in [0.29, 0.717) is 24.7 Å². The molecule has 3 aromatic carbocycles. The Balaban J connectivity index is 1.68. The third kappa shape index (κ3) is 2.53. The zero-order chi connectivity index (χ0) is 23.1. The van der Waals surface area contributed by atoms with E-state index < -0.39 is 0 Å². The number of hydrogen-bond donors (Lipinski definition) is 0. The molecular formula is C27H22BiN4O2+. The van der Waals surface area contributed by atoms with Gasteiger partial charge in [-0.25, -0.2) is 0 Å². The monoisotopic (exact) mass is 643 g/mol. The molecule has 0 N–H and O–H groups in total. The Morgan fingerprint density at radius 1 is 0.971 bits per heavy atom. The molecule has 4 heterocycles. The normalized spacial score (nSPS) is 12.1. The van der Waals surface area contributed by atoms with Crippen LogP contribution in [-0.4, -0.2) is 45.8 Å². The van der Waals surface area contributed by atoms with E-state index in [2.05, 4.69) is 70.1 Å². The zero-order valence-corrected chi connectivity index (χ0v) is 23.5. The van der Waals surface area contributed by atoms with Gasteiger partial charge in [0.05, 0.1) is 0 Å². The van der Waals surface area contributed by atoms with Crippen molar-refractivity contribution >= 4 is 77.8 Å². The molecular weight excluding hydrogens is 621 g/mol. The summed E-state index contributed by atoms with van der Waals surface area (Å²) in [6.07, 6.45) is 2.15. The zero-order valence-electron chi connectivity index (χ0n) is 19.0. The first-order valence-electron chi connectivity index (χ1n) is 11.1. The molecule has 0 atom stereocenters. The van der Waals surface area contributed by atoms with Gasteiger partial charge in [0.1, 0.15) is 0 Å².